The number of aliphatic hydroxyl groups is 1. The zero-order valence-corrected chi connectivity index (χ0v) is 17.9. The van der Waals surface area contributed by atoms with E-state index in [0.29, 0.717) is 5.92 Å². The third-order valence-electron chi connectivity index (χ3n) is 3.77. The van der Waals surface area contributed by atoms with Crippen LogP contribution in [0.2, 0.25) is 0 Å². The van der Waals surface area contributed by atoms with Gasteiger partial charge in [0.25, 0.3) is 0 Å². The molecule has 0 aliphatic heterocycles. The second kappa shape index (κ2) is 18.3. The number of halogens is 1. The van der Waals surface area contributed by atoms with Crippen LogP contribution >= 0.6 is 24.0 Å². The van der Waals surface area contributed by atoms with E-state index < -0.39 is 0 Å². The van der Waals surface area contributed by atoms with E-state index in [1.807, 2.05) is 0 Å². The summed E-state index contributed by atoms with van der Waals surface area (Å²) in [5.74, 6) is 1.38. The molecule has 5 nitrogen and oxygen atoms in total. The molecule has 0 aliphatic carbocycles. The molecule has 0 heterocycles. The minimum Gasteiger partial charge on any atom is -0.396 e. The Morgan fingerprint density at radius 1 is 1.09 bits per heavy atom. The van der Waals surface area contributed by atoms with Gasteiger partial charge in [0, 0.05) is 32.8 Å². The van der Waals surface area contributed by atoms with Gasteiger partial charge in [-0.15, -0.1) is 24.0 Å². The molecule has 1 atom stereocenters. The van der Waals surface area contributed by atoms with Crippen LogP contribution in [0.15, 0.2) is 4.99 Å². The summed E-state index contributed by atoms with van der Waals surface area (Å²) in [6, 6.07) is 0. The fourth-order valence-corrected chi connectivity index (χ4v) is 2.38. The van der Waals surface area contributed by atoms with Gasteiger partial charge in [-0.2, -0.15) is 0 Å². The Bertz CT molecular complexity index is 271. The molecule has 3 N–H and O–H groups in total. The van der Waals surface area contributed by atoms with Crippen molar-refractivity contribution in [3.05, 3.63) is 0 Å². The van der Waals surface area contributed by atoms with Crippen molar-refractivity contribution < 1.29 is 5.11 Å². The third kappa shape index (κ3) is 15.2. The summed E-state index contributed by atoms with van der Waals surface area (Å²) in [6.45, 7) is 11.5. The topological polar surface area (TPSA) is 59.9 Å². The van der Waals surface area contributed by atoms with E-state index in [4.69, 9.17) is 5.11 Å². The lowest BCUT2D eigenvalue weighted by molar-refractivity contribution is 0.253. The molecule has 0 spiro atoms. The average molecular weight is 442 g/mol. The molecule has 0 aromatic heterocycles. The number of nitrogens with one attached hydrogen (secondary N) is 2. The zero-order chi connectivity index (χ0) is 16.6. The van der Waals surface area contributed by atoms with Gasteiger partial charge in [-0.25, -0.2) is 0 Å². The van der Waals surface area contributed by atoms with E-state index >= 15 is 0 Å². The summed E-state index contributed by atoms with van der Waals surface area (Å²) in [6.07, 6.45) is 5.61. The van der Waals surface area contributed by atoms with Crippen molar-refractivity contribution in [2.24, 2.45) is 10.9 Å². The van der Waals surface area contributed by atoms with Crippen molar-refractivity contribution >= 4 is 29.9 Å². The number of likely N-dealkylation sites (N-methyl/N-ethyl adjacent to an activating group) is 1. The number of hydrogen-bond donors (Lipinski definition) is 3. The minimum absolute atomic E-state index is 0. The highest BCUT2D eigenvalue weighted by atomic mass is 127. The average Bonchev–Trinajstić information content (AvgIpc) is 2.50. The predicted molar refractivity (Wildman–Crippen MR) is 112 cm³/mol. The van der Waals surface area contributed by atoms with E-state index in [1.165, 1.54) is 12.8 Å². The molecule has 0 saturated heterocycles. The lowest BCUT2D eigenvalue weighted by Gasteiger charge is -2.18. The van der Waals surface area contributed by atoms with Gasteiger partial charge in [-0.3, -0.25) is 4.99 Å². The zero-order valence-electron chi connectivity index (χ0n) is 15.6. The van der Waals surface area contributed by atoms with Crippen LogP contribution in [0.1, 0.15) is 52.9 Å². The van der Waals surface area contributed by atoms with Crippen LogP contribution in [0, 0.1) is 5.92 Å². The van der Waals surface area contributed by atoms with Crippen LogP contribution in [-0.4, -0.2) is 62.3 Å². The van der Waals surface area contributed by atoms with Crippen molar-refractivity contribution in [1.82, 2.24) is 15.5 Å². The molecule has 0 amide bonds. The van der Waals surface area contributed by atoms with Crippen LogP contribution in [0.4, 0.5) is 0 Å². The molecule has 0 fully saturated rings. The molecular formula is C17H39IN4O. The second-order valence-electron chi connectivity index (χ2n) is 5.97. The molecule has 23 heavy (non-hydrogen) atoms. The van der Waals surface area contributed by atoms with Crippen molar-refractivity contribution in [3.8, 4) is 0 Å². The molecule has 6 heteroatoms. The first-order valence-corrected chi connectivity index (χ1v) is 8.99. The molecule has 140 valence electrons. The number of unbranched alkanes of at least 4 members (excludes halogenated alkanes) is 1. The summed E-state index contributed by atoms with van der Waals surface area (Å²) < 4.78 is 0. The van der Waals surface area contributed by atoms with E-state index in [2.05, 4.69) is 48.3 Å². The fraction of sp³-hybridized carbons (Fsp3) is 0.941. The highest BCUT2D eigenvalue weighted by molar-refractivity contribution is 14.0. The van der Waals surface area contributed by atoms with Crippen LogP contribution in [-0.2, 0) is 0 Å². The molecule has 0 radical (unpaired) electrons. The second-order valence-corrected chi connectivity index (χ2v) is 5.97. The van der Waals surface area contributed by atoms with Gasteiger partial charge < -0.3 is 20.6 Å². The Balaban J connectivity index is 0. The van der Waals surface area contributed by atoms with Gasteiger partial charge in [0.05, 0.1) is 0 Å². The monoisotopic (exact) mass is 442 g/mol. The number of aliphatic hydroxyl groups excluding tert-OH is 1. The molecule has 0 rings (SSSR count). The molecular weight excluding hydrogens is 403 g/mol. The standard InChI is InChI=1S/C17H38N4O.HI/c1-5-8-12-21(4)13-11-19-17(18-7-3)20-15-16(9-6-2)10-14-22;/h16,22H,5-15H2,1-4H3,(H2,18,19,20);1H. The Labute approximate surface area is 160 Å². The van der Waals surface area contributed by atoms with Gasteiger partial charge in [-0.1, -0.05) is 26.7 Å². The first-order chi connectivity index (χ1) is 10.7. The molecule has 1 unspecified atom stereocenters. The van der Waals surface area contributed by atoms with Crippen LogP contribution < -0.4 is 10.6 Å². The smallest absolute Gasteiger partial charge is 0.191 e. The summed E-state index contributed by atoms with van der Waals surface area (Å²) in [4.78, 5) is 7.03. The van der Waals surface area contributed by atoms with E-state index in [9.17, 15) is 0 Å². The normalized spacial score (nSPS) is 12.9. The largest absolute Gasteiger partial charge is 0.396 e. The fourth-order valence-electron chi connectivity index (χ4n) is 2.38. The summed E-state index contributed by atoms with van der Waals surface area (Å²) in [7, 11) is 2.17. The van der Waals surface area contributed by atoms with Crippen molar-refractivity contribution in [1.29, 1.82) is 0 Å². The molecule has 0 aliphatic rings. The number of guanidine groups is 1. The highest BCUT2D eigenvalue weighted by Crippen LogP contribution is 2.10. The van der Waals surface area contributed by atoms with Gasteiger partial charge in [-0.05, 0) is 45.7 Å². The first kappa shape index (κ1) is 25.2. The van der Waals surface area contributed by atoms with E-state index in [1.54, 1.807) is 0 Å². The molecule has 0 saturated carbocycles. The van der Waals surface area contributed by atoms with E-state index in [0.717, 1.165) is 57.9 Å². The Morgan fingerprint density at radius 2 is 1.83 bits per heavy atom. The third-order valence-corrected chi connectivity index (χ3v) is 3.77. The molecule has 0 aromatic rings. The van der Waals surface area contributed by atoms with Gasteiger partial charge in [0.2, 0.25) is 0 Å². The maximum Gasteiger partial charge on any atom is 0.191 e. The van der Waals surface area contributed by atoms with Crippen LogP contribution in [0.3, 0.4) is 0 Å². The minimum atomic E-state index is 0. The Hall–Kier alpha value is -0.0800. The summed E-state index contributed by atoms with van der Waals surface area (Å²) in [5, 5.41) is 15.8. The Morgan fingerprint density at radius 3 is 2.39 bits per heavy atom. The highest BCUT2D eigenvalue weighted by Gasteiger charge is 2.07. The van der Waals surface area contributed by atoms with Crippen LogP contribution in [0.5, 0.6) is 0 Å². The number of aliphatic imine (C=N–C) groups is 1. The SMILES string of the molecule is CCCCN(C)CCNC(=NCC(CCC)CCO)NCC.I. The number of nitrogens with zero attached hydrogens (tertiary/aromatic N) is 2. The molecule has 0 bridgehead atoms. The maximum atomic E-state index is 9.12. The van der Waals surface area contributed by atoms with Gasteiger partial charge >= 0.3 is 0 Å². The van der Waals surface area contributed by atoms with Crippen molar-refractivity contribution in [2.45, 2.75) is 52.9 Å². The first-order valence-electron chi connectivity index (χ1n) is 8.99. The summed E-state index contributed by atoms with van der Waals surface area (Å²) in [5.41, 5.74) is 0. The quantitative estimate of drug-likeness (QED) is 0.233. The van der Waals surface area contributed by atoms with Crippen LogP contribution in [0.25, 0.3) is 0 Å². The maximum absolute atomic E-state index is 9.12. The number of hydrogen-bond acceptors (Lipinski definition) is 3. The summed E-state index contributed by atoms with van der Waals surface area (Å²) >= 11 is 0. The lowest BCUT2D eigenvalue weighted by atomic mass is 10.0. The van der Waals surface area contributed by atoms with E-state index in [-0.39, 0.29) is 30.6 Å². The molecule has 0 aromatic carbocycles. The van der Waals surface area contributed by atoms with Gasteiger partial charge in [0.15, 0.2) is 5.96 Å². The number of rotatable bonds is 13. The lowest BCUT2D eigenvalue weighted by Crippen LogP contribution is -2.41. The van der Waals surface area contributed by atoms with Crippen molar-refractivity contribution in [3.63, 3.8) is 0 Å². The predicted octanol–water partition coefficient (Wildman–Crippen LogP) is 2.69. The van der Waals surface area contributed by atoms with Gasteiger partial charge in [0.1, 0.15) is 0 Å². The van der Waals surface area contributed by atoms with Crippen molar-refractivity contribution in [2.75, 3.05) is 46.4 Å². The Kier molecular flexibility index (Phi) is 20.0.